The minimum absolute atomic E-state index is 0.0740. The molecule has 3 aromatic rings. The third kappa shape index (κ3) is 6.30. The number of Topliss-reactive ketones (excluding diaryl/α,β-unsaturated/α-hetero) is 2. The summed E-state index contributed by atoms with van der Waals surface area (Å²) in [6, 6.07) is 21.4. The SMILES string of the molecule is COc1cc(C2C3=C(CC(C)(C)CC3=O)N(Cc3ccccc3)C3=C2C(=O)CC(C)(C)C3)cc(Cl)c1OCc1cccc(Cl)c1. The zero-order valence-corrected chi connectivity index (χ0v) is 28.0. The van der Waals surface area contributed by atoms with Gasteiger partial charge in [-0.25, -0.2) is 0 Å². The number of hydrogen-bond donors (Lipinski definition) is 0. The van der Waals surface area contributed by atoms with Crippen LogP contribution in [0.1, 0.15) is 76.0 Å². The molecule has 3 aliphatic rings. The number of methoxy groups -OCH3 is 1. The molecule has 0 unspecified atom stereocenters. The number of nitrogens with zero attached hydrogens (tertiary/aromatic N) is 1. The molecule has 3 aromatic carbocycles. The summed E-state index contributed by atoms with van der Waals surface area (Å²) in [5.41, 5.74) is 5.76. The zero-order chi connectivity index (χ0) is 32.1. The van der Waals surface area contributed by atoms with Gasteiger partial charge in [0.25, 0.3) is 0 Å². The summed E-state index contributed by atoms with van der Waals surface area (Å²) >= 11 is 13.1. The standard InChI is InChI=1S/C38H39Cl2NO4/c1-37(2)17-28-34(30(42)19-37)33(25-15-27(40)36(32(16-25)44-5)45-22-24-12-9-13-26(39)14-24)35-29(18-38(3,4)20-31(35)43)41(28)21-23-10-7-6-8-11-23/h6-16,33H,17-22H2,1-5H3. The van der Waals surface area contributed by atoms with Gasteiger partial charge in [-0.2, -0.15) is 0 Å². The Kier molecular flexibility index (Phi) is 8.38. The molecule has 0 bridgehead atoms. The van der Waals surface area contributed by atoms with Crippen molar-refractivity contribution in [1.82, 2.24) is 4.90 Å². The van der Waals surface area contributed by atoms with E-state index in [1.165, 1.54) is 0 Å². The maximum atomic E-state index is 14.2. The van der Waals surface area contributed by atoms with Crippen LogP contribution in [0, 0.1) is 10.8 Å². The van der Waals surface area contributed by atoms with Crippen LogP contribution in [0.2, 0.25) is 10.0 Å². The second-order valence-corrected chi connectivity index (χ2v) is 14.9. The first-order valence-electron chi connectivity index (χ1n) is 15.4. The normalized spacial score (nSPS) is 19.4. The summed E-state index contributed by atoms with van der Waals surface area (Å²) in [6.45, 7) is 9.44. The number of benzene rings is 3. The van der Waals surface area contributed by atoms with Gasteiger partial charge in [-0.15, -0.1) is 0 Å². The molecule has 0 amide bonds. The van der Waals surface area contributed by atoms with Crippen LogP contribution < -0.4 is 9.47 Å². The molecule has 0 atom stereocenters. The molecule has 0 saturated heterocycles. The molecule has 0 radical (unpaired) electrons. The lowest BCUT2D eigenvalue weighted by Gasteiger charge is -2.49. The number of allylic oxidation sites excluding steroid dienone is 4. The van der Waals surface area contributed by atoms with Gasteiger partial charge >= 0.3 is 0 Å². The van der Waals surface area contributed by atoms with Crippen LogP contribution in [-0.2, 0) is 22.7 Å². The van der Waals surface area contributed by atoms with E-state index in [-0.39, 0.29) is 29.0 Å². The molecule has 2 aliphatic carbocycles. The van der Waals surface area contributed by atoms with E-state index in [1.54, 1.807) is 7.11 Å². The van der Waals surface area contributed by atoms with Gasteiger partial charge in [-0.05, 0) is 64.6 Å². The van der Waals surface area contributed by atoms with Crippen LogP contribution in [-0.4, -0.2) is 23.6 Å². The maximum absolute atomic E-state index is 14.2. The van der Waals surface area contributed by atoms with E-state index in [2.05, 4.69) is 44.7 Å². The van der Waals surface area contributed by atoms with E-state index in [0.29, 0.717) is 52.1 Å². The van der Waals surface area contributed by atoms with Crippen molar-refractivity contribution in [3.05, 3.63) is 116 Å². The molecule has 1 aliphatic heterocycles. The first kappa shape index (κ1) is 31.4. The minimum Gasteiger partial charge on any atom is -0.493 e. The fourth-order valence-electron chi connectivity index (χ4n) is 7.17. The first-order chi connectivity index (χ1) is 21.4. The Morgan fingerprint density at radius 3 is 1.96 bits per heavy atom. The number of hydrogen-bond acceptors (Lipinski definition) is 5. The van der Waals surface area contributed by atoms with Crippen LogP contribution in [0.15, 0.2) is 89.3 Å². The fraction of sp³-hybridized carbons (Fsp3) is 0.368. The lowest BCUT2D eigenvalue weighted by molar-refractivity contribution is -0.119. The predicted octanol–water partition coefficient (Wildman–Crippen LogP) is 9.47. The van der Waals surface area contributed by atoms with E-state index >= 15 is 0 Å². The molecule has 7 heteroatoms. The molecular formula is C38H39Cl2NO4. The van der Waals surface area contributed by atoms with Crippen molar-refractivity contribution in [3.8, 4) is 11.5 Å². The second kappa shape index (κ2) is 12.0. The van der Waals surface area contributed by atoms with Gasteiger partial charge in [0.1, 0.15) is 6.61 Å². The van der Waals surface area contributed by atoms with Crippen molar-refractivity contribution < 1.29 is 19.1 Å². The molecular weight excluding hydrogens is 605 g/mol. The molecule has 6 rings (SSSR count). The molecule has 0 spiro atoms. The number of ether oxygens (including phenoxy) is 2. The van der Waals surface area contributed by atoms with Gasteiger partial charge in [0.2, 0.25) is 0 Å². The van der Waals surface area contributed by atoms with E-state index in [0.717, 1.165) is 40.9 Å². The molecule has 0 fully saturated rings. The second-order valence-electron chi connectivity index (χ2n) is 14.1. The lowest BCUT2D eigenvalue weighted by atomic mass is 9.63. The molecule has 1 heterocycles. The van der Waals surface area contributed by atoms with Crippen molar-refractivity contribution in [3.63, 3.8) is 0 Å². The number of ketones is 2. The van der Waals surface area contributed by atoms with Crippen molar-refractivity contribution in [1.29, 1.82) is 0 Å². The number of rotatable bonds is 7. The predicted molar refractivity (Wildman–Crippen MR) is 179 cm³/mol. The number of halogens is 2. The Hall–Kier alpha value is -3.54. The summed E-state index contributed by atoms with van der Waals surface area (Å²) in [5.74, 6) is 0.458. The van der Waals surface area contributed by atoms with Gasteiger partial charge in [-0.1, -0.05) is 93.4 Å². The highest BCUT2D eigenvalue weighted by molar-refractivity contribution is 6.32. The third-order valence-electron chi connectivity index (χ3n) is 9.06. The van der Waals surface area contributed by atoms with Crippen LogP contribution >= 0.6 is 23.2 Å². The van der Waals surface area contributed by atoms with Gasteiger partial charge in [-0.3, -0.25) is 9.59 Å². The summed E-state index contributed by atoms with van der Waals surface area (Å²) in [5, 5.41) is 0.978. The summed E-state index contributed by atoms with van der Waals surface area (Å²) in [7, 11) is 1.57. The first-order valence-corrected chi connectivity index (χ1v) is 16.2. The molecule has 0 aromatic heterocycles. The van der Waals surface area contributed by atoms with E-state index in [4.69, 9.17) is 32.7 Å². The average molecular weight is 645 g/mol. The quantitative estimate of drug-likeness (QED) is 0.257. The Morgan fingerprint density at radius 2 is 1.38 bits per heavy atom. The van der Waals surface area contributed by atoms with Crippen LogP contribution in [0.25, 0.3) is 0 Å². The Balaban J connectivity index is 1.50. The highest BCUT2D eigenvalue weighted by Crippen LogP contribution is 2.55. The Bertz CT molecular complexity index is 1680. The Morgan fingerprint density at radius 1 is 0.778 bits per heavy atom. The van der Waals surface area contributed by atoms with Crippen molar-refractivity contribution in [2.45, 2.75) is 72.4 Å². The third-order valence-corrected chi connectivity index (χ3v) is 9.58. The van der Waals surface area contributed by atoms with E-state index in [1.807, 2.05) is 54.6 Å². The number of carbonyl (C=O) groups excluding carboxylic acids is 2. The maximum Gasteiger partial charge on any atom is 0.180 e. The monoisotopic (exact) mass is 643 g/mol. The molecule has 0 saturated carbocycles. The van der Waals surface area contributed by atoms with Crippen molar-refractivity contribution >= 4 is 34.8 Å². The average Bonchev–Trinajstić information content (AvgIpc) is 2.96. The fourth-order valence-corrected chi connectivity index (χ4v) is 7.65. The lowest BCUT2D eigenvalue weighted by Crippen LogP contribution is -2.44. The van der Waals surface area contributed by atoms with Gasteiger partial charge in [0, 0.05) is 52.9 Å². The van der Waals surface area contributed by atoms with Gasteiger partial charge in [0.15, 0.2) is 23.1 Å². The summed E-state index contributed by atoms with van der Waals surface area (Å²) in [6.07, 6.45) is 2.29. The van der Waals surface area contributed by atoms with Crippen LogP contribution in [0.5, 0.6) is 11.5 Å². The van der Waals surface area contributed by atoms with Gasteiger partial charge < -0.3 is 14.4 Å². The topological polar surface area (TPSA) is 55.8 Å². The highest BCUT2D eigenvalue weighted by Gasteiger charge is 2.49. The summed E-state index contributed by atoms with van der Waals surface area (Å²) in [4.78, 5) is 30.7. The van der Waals surface area contributed by atoms with E-state index < -0.39 is 5.92 Å². The van der Waals surface area contributed by atoms with E-state index in [9.17, 15) is 9.59 Å². The highest BCUT2D eigenvalue weighted by atomic mass is 35.5. The molecule has 45 heavy (non-hydrogen) atoms. The van der Waals surface area contributed by atoms with Crippen LogP contribution in [0.4, 0.5) is 0 Å². The summed E-state index contributed by atoms with van der Waals surface area (Å²) < 4.78 is 12.0. The Labute approximate surface area is 275 Å². The smallest absolute Gasteiger partial charge is 0.180 e. The molecule has 5 nitrogen and oxygen atoms in total. The van der Waals surface area contributed by atoms with Crippen molar-refractivity contribution in [2.24, 2.45) is 10.8 Å². The van der Waals surface area contributed by atoms with Crippen molar-refractivity contribution in [2.75, 3.05) is 7.11 Å². The van der Waals surface area contributed by atoms with Crippen LogP contribution in [0.3, 0.4) is 0 Å². The zero-order valence-electron chi connectivity index (χ0n) is 26.5. The van der Waals surface area contributed by atoms with Gasteiger partial charge in [0.05, 0.1) is 12.1 Å². The molecule has 234 valence electrons. The largest absolute Gasteiger partial charge is 0.493 e. The molecule has 0 N–H and O–H groups in total. The minimum atomic E-state index is -0.539. The number of carbonyl (C=O) groups is 2.